The summed E-state index contributed by atoms with van der Waals surface area (Å²) >= 11 is 0. The highest BCUT2D eigenvalue weighted by Crippen LogP contribution is 2.43. The highest BCUT2D eigenvalue weighted by Gasteiger charge is 2.19. The van der Waals surface area contributed by atoms with E-state index < -0.39 is 0 Å². The van der Waals surface area contributed by atoms with Gasteiger partial charge in [0, 0.05) is 33.6 Å². The lowest BCUT2D eigenvalue weighted by atomic mass is 9.93. The van der Waals surface area contributed by atoms with Crippen molar-refractivity contribution in [1.29, 1.82) is 0 Å². The molecule has 12 rings (SSSR count). The van der Waals surface area contributed by atoms with Crippen molar-refractivity contribution in [3.8, 4) is 44.7 Å². The molecule has 0 aliphatic carbocycles. The van der Waals surface area contributed by atoms with Crippen molar-refractivity contribution in [3.63, 3.8) is 0 Å². The molecule has 1 heterocycles. The van der Waals surface area contributed by atoms with Crippen LogP contribution in [0.25, 0.3) is 98.8 Å². The monoisotopic (exact) mass is 789 g/mol. The molecule has 11 aromatic carbocycles. The summed E-state index contributed by atoms with van der Waals surface area (Å²) in [6.07, 6.45) is 0. The molecule has 12 aromatic rings. The Bertz CT molecular complexity index is 3620. The second-order valence-electron chi connectivity index (χ2n) is 16.1. The van der Waals surface area contributed by atoms with Crippen molar-refractivity contribution in [2.24, 2.45) is 0 Å². The first-order valence-corrected chi connectivity index (χ1v) is 21.2. The molecule has 0 unspecified atom stereocenters. The molecular formula is C60H39NO. The first-order chi connectivity index (χ1) is 30.7. The SMILES string of the molecule is c1ccc(-c2c(-c3cccc(-c4ccc(N(c5ccc(-c6cc7ccccc7c7ccccc67)cc5)c5ccc6c(ccc7ccccc76)c5)cc4)c3)oc3ccccc23)cc1. The second-order valence-corrected chi connectivity index (χ2v) is 16.1. The summed E-state index contributed by atoms with van der Waals surface area (Å²) in [7, 11) is 0. The molecule has 0 spiro atoms. The molecule has 2 heteroatoms. The number of nitrogens with zero attached hydrogens (tertiary/aromatic N) is 1. The summed E-state index contributed by atoms with van der Waals surface area (Å²) < 4.78 is 6.60. The number of fused-ring (bicyclic) bond motifs is 7. The third-order valence-electron chi connectivity index (χ3n) is 12.4. The Hall–Kier alpha value is -8.20. The summed E-state index contributed by atoms with van der Waals surface area (Å²) in [5.74, 6) is 0.881. The zero-order valence-corrected chi connectivity index (χ0v) is 33.9. The molecule has 0 aliphatic heterocycles. The summed E-state index contributed by atoms with van der Waals surface area (Å²) in [5, 5.41) is 11.1. The third kappa shape index (κ3) is 6.12. The van der Waals surface area contributed by atoms with Crippen LogP contribution < -0.4 is 4.90 Å². The fraction of sp³-hybridized carbons (Fsp3) is 0. The van der Waals surface area contributed by atoms with E-state index in [0.717, 1.165) is 61.6 Å². The lowest BCUT2D eigenvalue weighted by Crippen LogP contribution is -2.09. The molecule has 1 aromatic heterocycles. The van der Waals surface area contributed by atoms with Crippen molar-refractivity contribution in [2.45, 2.75) is 0 Å². The van der Waals surface area contributed by atoms with E-state index in [1.807, 2.05) is 6.07 Å². The van der Waals surface area contributed by atoms with Crippen LogP contribution in [0.5, 0.6) is 0 Å². The number of rotatable bonds is 7. The van der Waals surface area contributed by atoms with E-state index in [1.165, 1.54) is 54.2 Å². The minimum absolute atomic E-state index is 0.881. The number of anilines is 3. The Morgan fingerprint density at radius 1 is 0.274 bits per heavy atom. The minimum Gasteiger partial charge on any atom is -0.455 e. The quantitative estimate of drug-likeness (QED) is 0.150. The van der Waals surface area contributed by atoms with Gasteiger partial charge in [-0.15, -0.1) is 0 Å². The summed E-state index contributed by atoms with van der Waals surface area (Å²) in [4.78, 5) is 2.37. The van der Waals surface area contributed by atoms with E-state index in [4.69, 9.17) is 4.42 Å². The van der Waals surface area contributed by atoms with Crippen molar-refractivity contribution in [3.05, 3.63) is 237 Å². The zero-order chi connectivity index (χ0) is 41.0. The summed E-state index contributed by atoms with van der Waals surface area (Å²) in [6, 6.07) is 85.3. The van der Waals surface area contributed by atoms with E-state index in [0.29, 0.717) is 0 Å². The predicted octanol–water partition coefficient (Wildman–Crippen LogP) is 17.2. The van der Waals surface area contributed by atoms with Gasteiger partial charge in [-0.2, -0.15) is 0 Å². The van der Waals surface area contributed by atoms with Gasteiger partial charge in [-0.3, -0.25) is 0 Å². The number of hydrogen-bond acceptors (Lipinski definition) is 2. The van der Waals surface area contributed by atoms with Gasteiger partial charge in [-0.05, 0) is 126 Å². The maximum absolute atomic E-state index is 6.60. The lowest BCUT2D eigenvalue weighted by molar-refractivity contribution is 0.632. The van der Waals surface area contributed by atoms with E-state index >= 15 is 0 Å². The van der Waals surface area contributed by atoms with Gasteiger partial charge in [0.1, 0.15) is 11.3 Å². The van der Waals surface area contributed by atoms with E-state index in [9.17, 15) is 0 Å². The standard InChI is InChI=1S/C60H39NO/c1-2-14-43(15-3-1)59-56-23-10-11-24-58(56)62-60(59)47-18-12-17-44(37-47)40-27-31-48(32-28-40)61(50-35-36-53-46(38-50)26-25-41-13-4-6-19-51(41)53)49-33-29-42(30-34-49)57-39-45-16-5-7-20-52(45)54-21-8-9-22-55(54)57/h1-39H. The van der Waals surface area contributed by atoms with Gasteiger partial charge in [0.15, 0.2) is 0 Å². The van der Waals surface area contributed by atoms with Crippen molar-refractivity contribution in [1.82, 2.24) is 0 Å². The normalized spacial score (nSPS) is 11.5. The Kier molecular flexibility index (Phi) is 8.53. The summed E-state index contributed by atoms with van der Waals surface area (Å²) in [5.41, 5.74) is 12.2. The van der Waals surface area contributed by atoms with Crippen molar-refractivity contribution >= 4 is 71.1 Å². The van der Waals surface area contributed by atoms with Gasteiger partial charge in [-0.25, -0.2) is 0 Å². The molecule has 0 fully saturated rings. The molecule has 2 nitrogen and oxygen atoms in total. The molecule has 0 saturated carbocycles. The number of furan rings is 1. The smallest absolute Gasteiger partial charge is 0.143 e. The highest BCUT2D eigenvalue weighted by atomic mass is 16.3. The van der Waals surface area contributed by atoms with Crippen LogP contribution in [0.3, 0.4) is 0 Å². The largest absolute Gasteiger partial charge is 0.455 e. The predicted molar refractivity (Wildman–Crippen MR) is 263 cm³/mol. The topological polar surface area (TPSA) is 16.4 Å². The van der Waals surface area contributed by atoms with Crippen LogP contribution >= 0.6 is 0 Å². The zero-order valence-electron chi connectivity index (χ0n) is 33.9. The maximum atomic E-state index is 6.60. The number of benzene rings is 11. The van der Waals surface area contributed by atoms with Gasteiger partial charge >= 0.3 is 0 Å². The maximum Gasteiger partial charge on any atom is 0.143 e. The molecule has 0 radical (unpaired) electrons. The molecule has 62 heavy (non-hydrogen) atoms. The molecule has 0 aliphatic rings. The van der Waals surface area contributed by atoms with Gasteiger partial charge in [0.25, 0.3) is 0 Å². The van der Waals surface area contributed by atoms with Crippen LogP contribution in [0.15, 0.2) is 241 Å². The Morgan fingerprint density at radius 2 is 0.806 bits per heavy atom. The molecule has 0 atom stereocenters. The Balaban J connectivity index is 0.952. The number of hydrogen-bond donors (Lipinski definition) is 0. The van der Waals surface area contributed by atoms with Crippen LogP contribution in [0.4, 0.5) is 17.1 Å². The molecule has 0 amide bonds. The third-order valence-corrected chi connectivity index (χ3v) is 12.4. The van der Waals surface area contributed by atoms with E-state index in [1.54, 1.807) is 0 Å². The first-order valence-electron chi connectivity index (χ1n) is 21.2. The Morgan fingerprint density at radius 3 is 1.58 bits per heavy atom. The molecule has 0 saturated heterocycles. The van der Waals surface area contributed by atoms with Crippen molar-refractivity contribution < 1.29 is 4.42 Å². The van der Waals surface area contributed by atoms with Crippen LogP contribution in [-0.2, 0) is 0 Å². The van der Waals surface area contributed by atoms with E-state index in [2.05, 4.69) is 235 Å². The average molecular weight is 790 g/mol. The highest BCUT2D eigenvalue weighted by molar-refractivity contribution is 6.14. The minimum atomic E-state index is 0.881. The Labute approximate surface area is 360 Å². The molecule has 0 bridgehead atoms. The van der Waals surface area contributed by atoms with Gasteiger partial charge in [0.2, 0.25) is 0 Å². The molecule has 290 valence electrons. The van der Waals surface area contributed by atoms with Crippen molar-refractivity contribution in [2.75, 3.05) is 4.90 Å². The molecule has 0 N–H and O–H groups in total. The first kappa shape index (κ1) is 35.7. The number of para-hydroxylation sites is 1. The van der Waals surface area contributed by atoms with Crippen LogP contribution in [0, 0.1) is 0 Å². The van der Waals surface area contributed by atoms with Gasteiger partial charge in [-0.1, -0.05) is 182 Å². The molecular weight excluding hydrogens is 751 g/mol. The van der Waals surface area contributed by atoms with Gasteiger partial charge < -0.3 is 9.32 Å². The fourth-order valence-corrected chi connectivity index (χ4v) is 9.45. The second kappa shape index (κ2) is 14.8. The average Bonchev–Trinajstić information content (AvgIpc) is 3.74. The van der Waals surface area contributed by atoms with Crippen LogP contribution in [0.2, 0.25) is 0 Å². The lowest BCUT2D eigenvalue weighted by Gasteiger charge is -2.26. The summed E-state index contributed by atoms with van der Waals surface area (Å²) in [6.45, 7) is 0. The van der Waals surface area contributed by atoms with Crippen LogP contribution in [0.1, 0.15) is 0 Å². The van der Waals surface area contributed by atoms with E-state index in [-0.39, 0.29) is 0 Å². The van der Waals surface area contributed by atoms with Gasteiger partial charge in [0.05, 0.1) is 0 Å². The van der Waals surface area contributed by atoms with Crippen LogP contribution in [-0.4, -0.2) is 0 Å². The fourth-order valence-electron chi connectivity index (χ4n) is 9.45.